The summed E-state index contributed by atoms with van der Waals surface area (Å²) in [5, 5.41) is 0. The lowest BCUT2D eigenvalue weighted by atomic mass is 10.0. The Morgan fingerprint density at radius 2 is 1.86 bits per heavy atom. The number of likely N-dealkylation sites (N-methyl/N-ethyl adjacent to an activating group) is 1. The summed E-state index contributed by atoms with van der Waals surface area (Å²) in [4.78, 5) is 4.92. The van der Waals surface area contributed by atoms with E-state index < -0.39 is 0 Å². The molecule has 2 N–H and O–H groups in total. The lowest BCUT2D eigenvalue weighted by Crippen LogP contribution is -2.55. The molecule has 1 saturated heterocycles. The van der Waals surface area contributed by atoms with Crippen molar-refractivity contribution in [3.63, 3.8) is 0 Å². The van der Waals surface area contributed by atoms with Gasteiger partial charge in [-0.3, -0.25) is 9.80 Å². The molecule has 1 aromatic carbocycles. The highest BCUT2D eigenvalue weighted by molar-refractivity contribution is 5.36. The van der Waals surface area contributed by atoms with Gasteiger partial charge in [-0.15, -0.1) is 0 Å². The Kier molecular flexibility index (Phi) is 5.62. The van der Waals surface area contributed by atoms with Crippen LogP contribution in [0.3, 0.4) is 0 Å². The molecule has 0 radical (unpaired) electrons. The molecule has 21 heavy (non-hydrogen) atoms. The van der Waals surface area contributed by atoms with Crippen molar-refractivity contribution < 1.29 is 4.74 Å². The topological polar surface area (TPSA) is 41.7 Å². The molecule has 0 aliphatic carbocycles. The number of nitrogens with zero attached hydrogens (tertiary/aromatic N) is 2. The van der Waals surface area contributed by atoms with Gasteiger partial charge in [0.25, 0.3) is 0 Å². The molecule has 1 aromatic rings. The van der Waals surface area contributed by atoms with Gasteiger partial charge in [0.15, 0.2) is 0 Å². The molecule has 1 fully saturated rings. The fourth-order valence-corrected chi connectivity index (χ4v) is 3.11. The van der Waals surface area contributed by atoms with E-state index in [2.05, 4.69) is 36.8 Å². The standard InChI is InChI=1S/C17H29N3O/c1-5-21-17-9-7-6-8-15(17)16(18)12-20-10-13(2)19(4)14(3)11-20/h6-9,13-14,16H,5,10-12,18H2,1-4H3. The fourth-order valence-electron chi connectivity index (χ4n) is 3.11. The second-order valence-corrected chi connectivity index (χ2v) is 6.16. The zero-order valence-electron chi connectivity index (χ0n) is 13.7. The summed E-state index contributed by atoms with van der Waals surface area (Å²) in [5.41, 5.74) is 7.56. The first-order valence-corrected chi connectivity index (χ1v) is 7.94. The minimum atomic E-state index is -0.00411. The van der Waals surface area contributed by atoms with Crippen LogP contribution in [0.5, 0.6) is 5.75 Å². The average molecular weight is 291 g/mol. The molecular formula is C17H29N3O. The highest BCUT2D eigenvalue weighted by Crippen LogP contribution is 2.25. The maximum atomic E-state index is 6.45. The highest BCUT2D eigenvalue weighted by Gasteiger charge is 2.27. The van der Waals surface area contributed by atoms with Gasteiger partial charge >= 0.3 is 0 Å². The van der Waals surface area contributed by atoms with Crippen LogP contribution in [0.1, 0.15) is 32.4 Å². The molecular weight excluding hydrogens is 262 g/mol. The van der Waals surface area contributed by atoms with E-state index in [1.807, 2.05) is 25.1 Å². The molecule has 3 atom stereocenters. The summed E-state index contributed by atoms with van der Waals surface area (Å²) in [6.45, 7) is 10.3. The second-order valence-electron chi connectivity index (χ2n) is 6.16. The Labute approximate surface area is 128 Å². The monoisotopic (exact) mass is 291 g/mol. The van der Waals surface area contributed by atoms with Crippen molar-refractivity contribution in [2.45, 2.75) is 38.9 Å². The van der Waals surface area contributed by atoms with Crippen molar-refractivity contribution in [3.05, 3.63) is 29.8 Å². The van der Waals surface area contributed by atoms with E-state index in [0.717, 1.165) is 30.9 Å². The van der Waals surface area contributed by atoms with Crippen molar-refractivity contribution in [2.24, 2.45) is 5.73 Å². The first-order chi connectivity index (χ1) is 10.0. The van der Waals surface area contributed by atoms with Gasteiger partial charge in [-0.05, 0) is 33.9 Å². The Balaban J connectivity index is 2.03. The summed E-state index contributed by atoms with van der Waals surface area (Å²) < 4.78 is 5.70. The maximum Gasteiger partial charge on any atom is 0.124 e. The molecule has 1 heterocycles. The Hall–Kier alpha value is -1.10. The van der Waals surface area contributed by atoms with Gasteiger partial charge in [0.2, 0.25) is 0 Å². The van der Waals surface area contributed by atoms with Crippen molar-refractivity contribution >= 4 is 0 Å². The normalized spacial score (nSPS) is 25.8. The fraction of sp³-hybridized carbons (Fsp3) is 0.647. The Bertz CT molecular complexity index is 439. The minimum Gasteiger partial charge on any atom is -0.494 e. The van der Waals surface area contributed by atoms with E-state index in [4.69, 9.17) is 10.5 Å². The van der Waals surface area contributed by atoms with Crippen molar-refractivity contribution in [1.82, 2.24) is 9.80 Å². The summed E-state index contributed by atoms with van der Waals surface area (Å²) in [6, 6.07) is 9.27. The molecule has 0 saturated carbocycles. The van der Waals surface area contributed by atoms with Gasteiger partial charge in [-0.1, -0.05) is 18.2 Å². The number of para-hydroxylation sites is 1. The van der Waals surface area contributed by atoms with Gasteiger partial charge in [-0.25, -0.2) is 0 Å². The van der Waals surface area contributed by atoms with Crippen LogP contribution < -0.4 is 10.5 Å². The zero-order chi connectivity index (χ0) is 15.4. The highest BCUT2D eigenvalue weighted by atomic mass is 16.5. The van der Waals surface area contributed by atoms with Gasteiger partial charge in [0.1, 0.15) is 5.75 Å². The number of hydrogen-bond donors (Lipinski definition) is 1. The van der Waals surface area contributed by atoms with E-state index in [1.165, 1.54) is 0 Å². The lowest BCUT2D eigenvalue weighted by Gasteiger charge is -2.43. The lowest BCUT2D eigenvalue weighted by molar-refractivity contribution is 0.0565. The van der Waals surface area contributed by atoms with Gasteiger partial charge in [-0.2, -0.15) is 0 Å². The molecule has 0 aromatic heterocycles. The Morgan fingerprint density at radius 1 is 1.24 bits per heavy atom. The number of benzene rings is 1. The van der Waals surface area contributed by atoms with Crippen LogP contribution in [0.15, 0.2) is 24.3 Å². The van der Waals surface area contributed by atoms with E-state index >= 15 is 0 Å². The van der Waals surface area contributed by atoms with Crippen molar-refractivity contribution in [2.75, 3.05) is 33.3 Å². The van der Waals surface area contributed by atoms with Crippen LogP contribution in [0.4, 0.5) is 0 Å². The van der Waals surface area contributed by atoms with Crippen LogP contribution in [-0.4, -0.2) is 55.2 Å². The molecule has 4 nitrogen and oxygen atoms in total. The van der Waals surface area contributed by atoms with E-state index in [0.29, 0.717) is 18.7 Å². The molecule has 3 unspecified atom stereocenters. The predicted octanol–water partition coefficient (Wildman–Crippen LogP) is 2.11. The molecule has 4 heteroatoms. The van der Waals surface area contributed by atoms with Crippen LogP contribution >= 0.6 is 0 Å². The maximum absolute atomic E-state index is 6.45. The smallest absolute Gasteiger partial charge is 0.124 e. The molecule has 0 bridgehead atoms. The number of nitrogens with two attached hydrogens (primary N) is 1. The summed E-state index contributed by atoms with van der Waals surface area (Å²) >= 11 is 0. The number of hydrogen-bond acceptors (Lipinski definition) is 4. The first-order valence-electron chi connectivity index (χ1n) is 7.94. The summed E-state index contributed by atoms with van der Waals surface area (Å²) in [5.74, 6) is 0.919. The summed E-state index contributed by atoms with van der Waals surface area (Å²) in [6.07, 6.45) is 0. The van der Waals surface area contributed by atoms with E-state index in [1.54, 1.807) is 0 Å². The SMILES string of the molecule is CCOc1ccccc1C(N)CN1CC(C)N(C)C(C)C1. The minimum absolute atomic E-state index is 0.00411. The number of ether oxygens (including phenoxy) is 1. The third-order valence-corrected chi connectivity index (χ3v) is 4.51. The molecule has 118 valence electrons. The number of rotatable bonds is 5. The first kappa shape index (κ1) is 16.3. The van der Waals surface area contributed by atoms with Crippen molar-refractivity contribution in [3.8, 4) is 5.75 Å². The van der Waals surface area contributed by atoms with E-state index in [-0.39, 0.29) is 6.04 Å². The summed E-state index contributed by atoms with van der Waals surface area (Å²) in [7, 11) is 2.21. The predicted molar refractivity (Wildman–Crippen MR) is 87.7 cm³/mol. The number of piperazine rings is 1. The largest absolute Gasteiger partial charge is 0.494 e. The van der Waals surface area contributed by atoms with Gasteiger partial charge < -0.3 is 10.5 Å². The molecule has 2 rings (SSSR count). The second kappa shape index (κ2) is 7.25. The Morgan fingerprint density at radius 3 is 2.48 bits per heavy atom. The van der Waals surface area contributed by atoms with Gasteiger partial charge in [0, 0.05) is 43.3 Å². The third kappa shape index (κ3) is 3.96. The van der Waals surface area contributed by atoms with Crippen LogP contribution in [0.2, 0.25) is 0 Å². The molecule has 1 aliphatic rings. The van der Waals surface area contributed by atoms with Crippen molar-refractivity contribution in [1.29, 1.82) is 0 Å². The molecule has 1 aliphatic heterocycles. The third-order valence-electron chi connectivity index (χ3n) is 4.51. The van der Waals surface area contributed by atoms with Crippen LogP contribution in [0.25, 0.3) is 0 Å². The average Bonchev–Trinajstić information content (AvgIpc) is 2.45. The van der Waals surface area contributed by atoms with Crippen LogP contribution in [0, 0.1) is 0 Å². The molecule has 0 spiro atoms. The van der Waals surface area contributed by atoms with Crippen LogP contribution in [-0.2, 0) is 0 Å². The van der Waals surface area contributed by atoms with Gasteiger partial charge in [0.05, 0.1) is 6.61 Å². The quantitative estimate of drug-likeness (QED) is 0.902. The zero-order valence-corrected chi connectivity index (χ0v) is 13.7. The molecule has 0 amide bonds. The van der Waals surface area contributed by atoms with E-state index in [9.17, 15) is 0 Å².